The molecule has 0 aliphatic rings. The van der Waals surface area contributed by atoms with Crippen molar-refractivity contribution in [1.29, 1.82) is 0 Å². The molecule has 5 heteroatoms. The molecule has 1 heterocycles. The highest BCUT2D eigenvalue weighted by atomic mass is 16.4. The summed E-state index contributed by atoms with van der Waals surface area (Å²) in [5, 5.41) is 9.13. The number of rotatable bonds is 5. The van der Waals surface area contributed by atoms with Gasteiger partial charge in [0.15, 0.2) is 0 Å². The topological polar surface area (TPSA) is 66.3 Å². The van der Waals surface area contributed by atoms with Crippen molar-refractivity contribution in [1.82, 2.24) is 14.9 Å². The second-order valence-corrected chi connectivity index (χ2v) is 4.13. The van der Waals surface area contributed by atoms with Gasteiger partial charge in [-0.1, -0.05) is 6.92 Å². The molecule has 0 radical (unpaired) electrons. The summed E-state index contributed by atoms with van der Waals surface area (Å²) in [6, 6.07) is -0.559. The summed E-state index contributed by atoms with van der Waals surface area (Å²) in [6.45, 7) is 5.70. The highest BCUT2D eigenvalue weighted by Crippen LogP contribution is 2.21. The summed E-state index contributed by atoms with van der Waals surface area (Å²) in [5.74, 6) is -0.802. The Balaban J connectivity index is 2.93. The van der Waals surface area contributed by atoms with E-state index < -0.39 is 12.0 Å². The first-order chi connectivity index (χ1) is 7.99. The maximum absolute atomic E-state index is 11.1. The number of hydrogen-bond donors (Lipinski definition) is 1. The normalized spacial score (nSPS) is 14.6. The van der Waals surface area contributed by atoms with Crippen molar-refractivity contribution in [3.63, 3.8) is 0 Å². The molecule has 0 saturated carbocycles. The van der Waals surface area contributed by atoms with Crippen molar-refractivity contribution in [3.05, 3.63) is 23.8 Å². The summed E-state index contributed by atoms with van der Waals surface area (Å²) >= 11 is 0. The van der Waals surface area contributed by atoms with Crippen molar-refractivity contribution < 1.29 is 9.90 Å². The summed E-state index contributed by atoms with van der Waals surface area (Å²) < 4.78 is 0. The number of aromatic nitrogens is 2. The molecule has 1 N–H and O–H groups in total. The smallest absolute Gasteiger partial charge is 0.320 e. The van der Waals surface area contributed by atoms with E-state index in [0.29, 0.717) is 6.42 Å². The molecular weight excluding hydrogens is 218 g/mol. The van der Waals surface area contributed by atoms with Gasteiger partial charge >= 0.3 is 5.97 Å². The van der Waals surface area contributed by atoms with E-state index in [2.05, 4.69) is 9.97 Å². The number of carboxylic acids is 1. The Morgan fingerprint density at radius 3 is 2.53 bits per heavy atom. The van der Waals surface area contributed by atoms with Gasteiger partial charge in [-0.25, -0.2) is 0 Å². The molecule has 1 aromatic rings. The maximum atomic E-state index is 11.1. The quantitative estimate of drug-likeness (QED) is 0.843. The summed E-state index contributed by atoms with van der Waals surface area (Å²) in [5.41, 5.74) is 1.67. The van der Waals surface area contributed by atoms with Crippen molar-refractivity contribution in [2.45, 2.75) is 39.3 Å². The first kappa shape index (κ1) is 13.6. The summed E-state index contributed by atoms with van der Waals surface area (Å²) in [4.78, 5) is 21.4. The molecule has 2 atom stereocenters. The lowest BCUT2D eigenvalue weighted by atomic mass is 10.1. The molecule has 2 unspecified atom stereocenters. The SMILES string of the molecule is CCC(C(=O)O)N(C)C(C)c1nccnc1C. The van der Waals surface area contributed by atoms with Crippen LogP contribution in [-0.4, -0.2) is 39.0 Å². The molecule has 1 aromatic heterocycles. The van der Waals surface area contributed by atoms with Crippen molar-refractivity contribution in [2.24, 2.45) is 0 Å². The van der Waals surface area contributed by atoms with Crippen LogP contribution in [0.25, 0.3) is 0 Å². The maximum Gasteiger partial charge on any atom is 0.320 e. The molecule has 0 aliphatic heterocycles. The fourth-order valence-electron chi connectivity index (χ4n) is 1.93. The van der Waals surface area contributed by atoms with E-state index >= 15 is 0 Å². The van der Waals surface area contributed by atoms with Gasteiger partial charge in [0.1, 0.15) is 6.04 Å². The van der Waals surface area contributed by atoms with E-state index in [-0.39, 0.29) is 6.04 Å². The standard InChI is InChI=1S/C12H19N3O2/c1-5-10(12(16)17)15(4)9(3)11-8(2)13-6-7-14-11/h6-7,9-10H,5H2,1-4H3,(H,16,17). The Bertz CT molecular complexity index is 395. The van der Waals surface area contributed by atoms with Crippen LogP contribution in [0, 0.1) is 6.92 Å². The predicted octanol–water partition coefficient (Wildman–Crippen LogP) is 1.64. The van der Waals surface area contributed by atoms with E-state index in [1.165, 1.54) is 0 Å². The molecular formula is C12H19N3O2. The number of hydrogen-bond acceptors (Lipinski definition) is 4. The van der Waals surface area contributed by atoms with E-state index in [9.17, 15) is 4.79 Å². The number of nitrogens with zero attached hydrogens (tertiary/aromatic N) is 3. The minimum absolute atomic E-state index is 0.0650. The molecule has 0 aliphatic carbocycles. The van der Waals surface area contributed by atoms with Crippen LogP contribution in [0.1, 0.15) is 37.7 Å². The van der Waals surface area contributed by atoms with Gasteiger partial charge in [0, 0.05) is 12.4 Å². The minimum Gasteiger partial charge on any atom is -0.480 e. The van der Waals surface area contributed by atoms with E-state index in [1.807, 2.05) is 25.7 Å². The number of carboxylic acid groups (broad SMARTS) is 1. The largest absolute Gasteiger partial charge is 0.480 e. The number of aryl methyl sites for hydroxylation is 1. The van der Waals surface area contributed by atoms with Crippen LogP contribution in [0.5, 0.6) is 0 Å². The Kier molecular flexibility index (Phi) is 4.57. The van der Waals surface area contributed by atoms with Crippen LogP contribution in [0.3, 0.4) is 0 Å². The van der Waals surface area contributed by atoms with Gasteiger partial charge in [-0.2, -0.15) is 0 Å². The molecule has 17 heavy (non-hydrogen) atoms. The molecule has 0 saturated heterocycles. The predicted molar refractivity (Wildman–Crippen MR) is 64.7 cm³/mol. The highest BCUT2D eigenvalue weighted by Gasteiger charge is 2.26. The molecule has 0 fully saturated rings. The Hall–Kier alpha value is -1.49. The van der Waals surface area contributed by atoms with Gasteiger partial charge in [-0.05, 0) is 27.3 Å². The molecule has 94 valence electrons. The first-order valence-corrected chi connectivity index (χ1v) is 5.71. The zero-order chi connectivity index (χ0) is 13.0. The molecule has 0 spiro atoms. The third kappa shape index (κ3) is 3.00. The fraction of sp³-hybridized carbons (Fsp3) is 0.583. The Morgan fingerprint density at radius 1 is 1.47 bits per heavy atom. The van der Waals surface area contributed by atoms with Gasteiger partial charge in [0.25, 0.3) is 0 Å². The molecule has 5 nitrogen and oxygen atoms in total. The van der Waals surface area contributed by atoms with Crippen LogP contribution >= 0.6 is 0 Å². The average Bonchev–Trinajstić information content (AvgIpc) is 2.29. The Labute approximate surface area is 102 Å². The molecule has 0 bridgehead atoms. The third-order valence-corrected chi connectivity index (χ3v) is 3.09. The van der Waals surface area contributed by atoms with Crippen LogP contribution < -0.4 is 0 Å². The molecule has 0 amide bonds. The minimum atomic E-state index is -0.802. The van der Waals surface area contributed by atoms with E-state index in [0.717, 1.165) is 11.4 Å². The van der Waals surface area contributed by atoms with Crippen molar-refractivity contribution in [3.8, 4) is 0 Å². The zero-order valence-corrected chi connectivity index (χ0v) is 10.7. The van der Waals surface area contributed by atoms with Gasteiger partial charge in [0.2, 0.25) is 0 Å². The van der Waals surface area contributed by atoms with Crippen LogP contribution in [0.15, 0.2) is 12.4 Å². The van der Waals surface area contributed by atoms with Crippen molar-refractivity contribution >= 4 is 5.97 Å². The highest BCUT2D eigenvalue weighted by molar-refractivity contribution is 5.73. The van der Waals surface area contributed by atoms with Crippen LogP contribution in [0.2, 0.25) is 0 Å². The van der Waals surface area contributed by atoms with Gasteiger partial charge in [-0.15, -0.1) is 0 Å². The second-order valence-electron chi connectivity index (χ2n) is 4.13. The lowest BCUT2D eigenvalue weighted by molar-refractivity contribution is -0.143. The third-order valence-electron chi connectivity index (χ3n) is 3.09. The summed E-state index contributed by atoms with van der Waals surface area (Å²) in [6.07, 6.45) is 3.84. The lowest BCUT2D eigenvalue weighted by Crippen LogP contribution is -2.40. The molecule has 1 rings (SSSR count). The average molecular weight is 237 g/mol. The fourth-order valence-corrected chi connectivity index (χ4v) is 1.93. The summed E-state index contributed by atoms with van der Waals surface area (Å²) in [7, 11) is 1.81. The number of carbonyl (C=O) groups is 1. The van der Waals surface area contributed by atoms with Gasteiger partial charge in [-0.3, -0.25) is 19.7 Å². The number of aliphatic carboxylic acids is 1. The Morgan fingerprint density at radius 2 is 2.06 bits per heavy atom. The van der Waals surface area contributed by atoms with Crippen molar-refractivity contribution in [2.75, 3.05) is 7.05 Å². The second kappa shape index (κ2) is 5.72. The lowest BCUT2D eigenvalue weighted by Gasteiger charge is -2.29. The van der Waals surface area contributed by atoms with Gasteiger partial charge < -0.3 is 5.11 Å². The number of likely N-dealkylation sites (N-methyl/N-ethyl adjacent to an activating group) is 1. The van der Waals surface area contributed by atoms with Crippen LogP contribution in [-0.2, 0) is 4.79 Å². The first-order valence-electron chi connectivity index (χ1n) is 5.71. The van der Waals surface area contributed by atoms with Crippen LogP contribution in [0.4, 0.5) is 0 Å². The monoisotopic (exact) mass is 237 g/mol. The van der Waals surface area contributed by atoms with E-state index in [1.54, 1.807) is 19.4 Å². The van der Waals surface area contributed by atoms with Gasteiger partial charge in [0.05, 0.1) is 17.4 Å². The van der Waals surface area contributed by atoms with E-state index in [4.69, 9.17) is 5.11 Å². The zero-order valence-electron chi connectivity index (χ0n) is 10.7. The molecule has 0 aromatic carbocycles.